The molecule has 0 rings (SSSR count). The predicted octanol–water partition coefficient (Wildman–Crippen LogP) is 0.133. The second-order valence-electron chi connectivity index (χ2n) is 3.90. The zero-order valence-corrected chi connectivity index (χ0v) is 9.03. The number of hydrogen-bond donors (Lipinski definition) is 2. The molecule has 0 aliphatic heterocycles. The molecule has 1 unspecified atom stereocenters. The fraction of sp³-hybridized carbons (Fsp3) is 0.600. The maximum Gasteiger partial charge on any atom is 0.333 e. The zero-order valence-electron chi connectivity index (χ0n) is 9.03. The fourth-order valence-corrected chi connectivity index (χ4v) is 0.672. The van der Waals surface area contributed by atoms with Crippen LogP contribution in [0.4, 0.5) is 0 Å². The first kappa shape index (κ1) is 13.5. The molecule has 0 radical (unpaired) electrons. The van der Waals surface area contributed by atoms with E-state index in [2.05, 4.69) is 11.8 Å². The summed E-state index contributed by atoms with van der Waals surface area (Å²) in [5.74, 6) is 2.88. The van der Waals surface area contributed by atoms with Gasteiger partial charge in [-0.3, -0.25) is 4.79 Å². The van der Waals surface area contributed by atoms with Crippen LogP contribution >= 0.6 is 0 Å². The second kappa shape index (κ2) is 5.37. The predicted molar refractivity (Wildman–Crippen MR) is 53.8 cm³/mol. The largest absolute Gasteiger partial charge is 0.479 e. The SMILES string of the molecule is CC(C)(C)OC(=O)CC#CC(N)C(=O)O. The molecular weight excluding hydrogens is 198 g/mol. The van der Waals surface area contributed by atoms with Crippen molar-refractivity contribution < 1.29 is 19.4 Å². The maximum atomic E-state index is 11.1. The van der Waals surface area contributed by atoms with Gasteiger partial charge in [-0.1, -0.05) is 11.8 Å². The zero-order chi connectivity index (χ0) is 12.1. The van der Waals surface area contributed by atoms with Crippen LogP contribution in [-0.4, -0.2) is 28.7 Å². The van der Waals surface area contributed by atoms with Crippen LogP contribution in [0, 0.1) is 11.8 Å². The Morgan fingerprint density at radius 1 is 1.47 bits per heavy atom. The van der Waals surface area contributed by atoms with Gasteiger partial charge in [0, 0.05) is 0 Å². The molecule has 0 heterocycles. The minimum Gasteiger partial charge on any atom is -0.479 e. The summed E-state index contributed by atoms with van der Waals surface area (Å²) in [7, 11) is 0. The second-order valence-corrected chi connectivity index (χ2v) is 3.90. The van der Waals surface area contributed by atoms with Crippen molar-refractivity contribution in [3.63, 3.8) is 0 Å². The van der Waals surface area contributed by atoms with Gasteiger partial charge in [0.2, 0.25) is 0 Å². The maximum absolute atomic E-state index is 11.1. The van der Waals surface area contributed by atoms with E-state index in [9.17, 15) is 9.59 Å². The summed E-state index contributed by atoms with van der Waals surface area (Å²) in [5, 5.41) is 8.39. The highest BCUT2D eigenvalue weighted by atomic mass is 16.6. The summed E-state index contributed by atoms with van der Waals surface area (Å²) in [6, 6.07) is -1.26. The Bertz CT molecular complexity index is 306. The van der Waals surface area contributed by atoms with E-state index < -0.39 is 23.6 Å². The Kier molecular flexibility index (Phi) is 4.82. The topological polar surface area (TPSA) is 89.6 Å². The van der Waals surface area contributed by atoms with Crippen LogP contribution in [0.3, 0.4) is 0 Å². The van der Waals surface area contributed by atoms with Gasteiger partial charge in [-0.05, 0) is 20.8 Å². The highest BCUT2D eigenvalue weighted by Gasteiger charge is 2.15. The lowest BCUT2D eigenvalue weighted by Crippen LogP contribution is -2.28. The number of nitrogens with two attached hydrogens (primary N) is 1. The van der Waals surface area contributed by atoms with Gasteiger partial charge in [-0.15, -0.1) is 0 Å². The van der Waals surface area contributed by atoms with Gasteiger partial charge in [-0.25, -0.2) is 4.79 Å². The molecule has 0 fully saturated rings. The van der Waals surface area contributed by atoms with Gasteiger partial charge in [-0.2, -0.15) is 0 Å². The lowest BCUT2D eigenvalue weighted by Gasteiger charge is -2.18. The van der Waals surface area contributed by atoms with E-state index in [1.807, 2.05) is 0 Å². The van der Waals surface area contributed by atoms with Crippen molar-refractivity contribution in [3.05, 3.63) is 0 Å². The Balaban J connectivity index is 4.06. The molecule has 0 bridgehead atoms. The molecule has 0 aliphatic rings. The minimum atomic E-state index is -1.26. The Morgan fingerprint density at radius 3 is 2.40 bits per heavy atom. The molecule has 84 valence electrons. The molecule has 5 nitrogen and oxygen atoms in total. The normalized spacial score (nSPS) is 12.3. The number of carboxylic acid groups (broad SMARTS) is 1. The summed E-state index contributed by atoms with van der Waals surface area (Å²) in [6.45, 7) is 5.21. The van der Waals surface area contributed by atoms with Crippen molar-refractivity contribution in [1.82, 2.24) is 0 Å². The van der Waals surface area contributed by atoms with E-state index in [1.54, 1.807) is 20.8 Å². The van der Waals surface area contributed by atoms with E-state index in [0.29, 0.717) is 0 Å². The van der Waals surface area contributed by atoms with Gasteiger partial charge in [0.15, 0.2) is 6.04 Å². The van der Waals surface area contributed by atoms with E-state index in [1.165, 1.54) is 0 Å². The molecule has 0 aromatic carbocycles. The highest BCUT2D eigenvalue weighted by Crippen LogP contribution is 2.07. The average Bonchev–Trinajstić information content (AvgIpc) is 2.00. The van der Waals surface area contributed by atoms with Crippen molar-refractivity contribution in [2.75, 3.05) is 0 Å². The quantitative estimate of drug-likeness (QED) is 0.503. The van der Waals surface area contributed by atoms with E-state index in [4.69, 9.17) is 15.6 Å². The van der Waals surface area contributed by atoms with Gasteiger partial charge in [0.25, 0.3) is 0 Å². The number of esters is 1. The van der Waals surface area contributed by atoms with Gasteiger partial charge >= 0.3 is 11.9 Å². The third-order valence-corrected chi connectivity index (χ3v) is 1.18. The van der Waals surface area contributed by atoms with Gasteiger partial charge < -0.3 is 15.6 Å². The molecule has 3 N–H and O–H groups in total. The van der Waals surface area contributed by atoms with Crippen molar-refractivity contribution in [2.24, 2.45) is 5.73 Å². The number of aliphatic carboxylic acids is 1. The summed E-state index contributed by atoms with van der Waals surface area (Å²) < 4.78 is 4.95. The smallest absolute Gasteiger partial charge is 0.333 e. The van der Waals surface area contributed by atoms with Crippen LogP contribution in [0.2, 0.25) is 0 Å². The number of hydrogen-bond acceptors (Lipinski definition) is 4. The molecule has 0 aliphatic carbocycles. The van der Waals surface area contributed by atoms with Crippen LogP contribution in [0.5, 0.6) is 0 Å². The third-order valence-electron chi connectivity index (χ3n) is 1.18. The van der Waals surface area contributed by atoms with E-state index in [0.717, 1.165) is 0 Å². The van der Waals surface area contributed by atoms with Crippen LogP contribution < -0.4 is 5.73 Å². The number of carbonyl (C=O) groups is 2. The van der Waals surface area contributed by atoms with Crippen LogP contribution in [0.15, 0.2) is 0 Å². The summed E-state index contributed by atoms with van der Waals surface area (Å²) in [4.78, 5) is 21.4. The van der Waals surface area contributed by atoms with Crippen LogP contribution in [0.1, 0.15) is 27.2 Å². The molecular formula is C10H15NO4. The van der Waals surface area contributed by atoms with E-state index >= 15 is 0 Å². The minimum absolute atomic E-state index is 0.155. The Labute approximate surface area is 88.6 Å². The summed E-state index contributed by atoms with van der Waals surface area (Å²) in [5.41, 5.74) is 4.54. The average molecular weight is 213 g/mol. The number of ether oxygens (including phenoxy) is 1. The molecule has 5 heteroatoms. The molecule has 0 saturated carbocycles. The molecule has 0 spiro atoms. The first-order valence-electron chi connectivity index (χ1n) is 4.41. The van der Waals surface area contributed by atoms with Crippen molar-refractivity contribution >= 4 is 11.9 Å². The van der Waals surface area contributed by atoms with Gasteiger partial charge in [0.05, 0.1) is 0 Å². The monoisotopic (exact) mass is 213 g/mol. The van der Waals surface area contributed by atoms with E-state index in [-0.39, 0.29) is 6.42 Å². The van der Waals surface area contributed by atoms with Crippen molar-refractivity contribution in [2.45, 2.75) is 38.8 Å². The molecule has 15 heavy (non-hydrogen) atoms. The Morgan fingerprint density at radius 2 is 2.00 bits per heavy atom. The lowest BCUT2D eigenvalue weighted by atomic mass is 10.2. The Hall–Kier alpha value is -1.54. The van der Waals surface area contributed by atoms with Gasteiger partial charge in [0.1, 0.15) is 12.0 Å². The number of rotatable bonds is 2. The highest BCUT2D eigenvalue weighted by molar-refractivity contribution is 5.78. The third kappa shape index (κ3) is 7.52. The summed E-state index contributed by atoms with van der Waals surface area (Å²) in [6.07, 6.45) is -0.155. The molecule has 0 aromatic rings. The van der Waals surface area contributed by atoms with Crippen LogP contribution in [0.25, 0.3) is 0 Å². The van der Waals surface area contributed by atoms with Crippen LogP contribution in [-0.2, 0) is 14.3 Å². The van der Waals surface area contributed by atoms with Crippen molar-refractivity contribution in [3.8, 4) is 11.8 Å². The summed E-state index contributed by atoms with van der Waals surface area (Å²) >= 11 is 0. The standard InChI is InChI=1S/C10H15NO4/c1-10(2,3)15-8(12)6-4-5-7(11)9(13)14/h7H,6,11H2,1-3H3,(H,13,14). The van der Waals surface area contributed by atoms with Crippen molar-refractivity contribution in [1.29, 1.82) is 0 Å². The molecule has 0 saturated heterocycles. The molecule has 1 atom stereocenters. The number of carbonyl (C=O) groups excluding carboxylic acids is 1. The number of carboxylic acids is 1. The molecule has 0 amide bonds. The first-order valence-corrected chi connectivity index (χ1v) is 4.41. The first-order chi connectivity index (χ1) is 6.72. The molecule has 0 aromatic heterocycles. The fourth-order valence-electron chi connectivity index (χ4n) is 0.672. The lowest BCUT2D eigenvalue weighted by molar-refractivity contribution is -0.153.